The van der Waals surface area contributed by atoms with Crippen molar-refractivity contribution in [1.29, 1.82) is 0 Å². The van der Waals surface area contributed by atoms with Gasteiger partial charge in [-0.05, 0) is 50.1 Å². The second-order valence-electron chi connectivity index (χ2n) is 7.73. The molecule has 0 aliphatic carbocycles. The zero-order chi connectivity index (χ0) is 21.1. The maximum Gasteiger partial charge on any atom is 0.200 e. The van der Waals surface area contributed by atoms with Gasteiger partial charge in [-0.1, -0.05) is 12.1 Å². The summed E-state index contributed by atoms with van der Waals surface area (Å²) in [6.07, 6.45) is 2.71. The van der Waals surface area contributed by atoms with Crippen molar-refractivity contribution in [3.05, 3.63) is 58.4 Å². The molecule has 1 aromatic heterocycles. The first-order chi connectivity index (χ1) is 14.6. The number of ether oxygens (including phenoxy) is 3. The van der Waals surface area contributed by atoms with Crippen molar-refractivity contribution in [1.82, 2.24) is 4.90 Å². The maximum atomic E-state index is 13.2. The van der Waals surface area contributed by atoms with Crippen LogP contribution in [0.2, 0.25) is 0 Å². The Hall–Kier alpha value is -2.83. The van der Waals surface area contributed by atoms with Gasteiger partial charge in [0, 0.05) is 19.7 Å². The molecular formula is C24H27NO5. The lowest BCUT2D eigenvalue weighted by atomic mass is 10.0. The summed E-state index contributed by atoms with van der Waals surface area (Å²) in [7, 11) is 1.62. The summed E-state index contributed by atoms with van der Waals surface area (Å²) in [5.41, 5.74) is 2.79. The van der Waals surface area contributed by atoms with E-state index in [1.807, 2.05) is 44.2 Å². The minimum Gasteiger partial charge on any atom is -0.497 e. The first kappa shape index (κ1) is 20.4. The van der Waals surface area contributed by atoms with Crippen molar-refractivity contribution < 1.29 is 18.6 Å². The van der Waals surface area contributed by atoms with Crippen molar-refractivity contribution >= 4 is 11.0 Å². The van der Waals surface area contributed by atoms with Crippen LogP contribution in [0.3, 0.4) is 0 Å². The first-order valence-electron chi connectivity index (χ1n) is 10.3. The fraction of sp³-hybridized carbons (Fsp3) is 0.375. The van der Waals surface area contributed by atoms with E-state index in [-0.39, 0.29) is 11.5 Å². The smallest absolute Gasteiger partial charge is 0.200 e. The van der Waals surface area contributed by atoms with E-state index in [0.717, 1.165) is 42.2 Å². The minimum atomic E-state index is -0.0494. The quantitative estimate of drug-likeness (QED) is 0.538. The Morgan fingerprint density at radius 2 is 1.93 bits per heavy atom. The van der Waals surface area contributed by atoms with Gasteiger partial charge in [0.25, 0.3) is 0 Å². The molecule has 2 aromatic carbocycles. The second-order valence-corrected chi connectivity index (χ2v) is 7.73. The molecule has 1 aliphatic rings. The number of fused-ring (bicyclic) bond motifs is 3. The Morgan fingerprint density at radius 1 is 1.13 bits per heavy atom. The Kier molecular flexibility index (Phi) is 6.06. The van der Waals surface area contributed by atoms with Crippen LogP contribution in [0.25, 0.3) is 22.1 Å². The van der Waals surface area contributed by atoms with Gasteiger partial charge < -0.3 is 18.6 Å². The van der Waals surface area contributed by atoms with E-state index in [9.17, 15) is 4.79 Å². The number of hydrogen-bond acceptors (Lipinski definition) is 6. The predicted molar refractivity (Wildman–Crippen MR) is 116 cm³/mol. The van der Waals surface area contributed by atoms with Gasteiger partial charge in [-0.3, -0.25) is 9.69 Å². The lowest BCUT2D eigenvalue weighted by Crippen LogP contribution is -2.33. The summed E-state index contributed by atoms with van der Waals surface area (Å²) in [4.78, 5) is 15.4. The van der Waals surface area contributed by atoms with Crippen LogP contribution in [-0.2, 0) is 11.3 Å². The predicted octanol–water partition coefficient (Wildman–Crippen LogP) is 4.44. The van der Waals surface area contributed by atoms with Crippen molar-refractivity contribution in [2.24, 2.45) is 0 Å². The third-order valence-electron chi connectivity index (χ3n) is 5.26. The number of rotatable bonds is 7. The lowest BCUT2D eigenvalue weighted by Gasteiger charge is -2.29. The third kappa shape index (κ3) is 4.20. The van der Waals surface area contributed by atoms with Gasteiger partial charge in [0.2, 0.25) is 5.43 Å². The van der Waals surface area contributed by atoms with Gasteiger partial charge in [-0.25, -0.2) is 0 Å². The largest absolute Gasteiger partial charge is 0.497 e. The molecule has 2 heterocycles. The normalized spacial score (nSPS) is 14.0. The van der Waals surface area contributed by atoms with Crippen LogP contribution in [0, 0.1) is 0 Å². The number of benzene rings is 2. The molecule has 4 rings (SSSR count). The Bertz CT molecular complexity index is 1070. The zero-order valence-corrected chi connectivity index (χ0v) is 17.6. The molecule has 0 amide bonds. The molecule has 0 saturated heterocycles. The SMILES string of the molecule is COc1ccc(-c2coc3c4c(ccc3c2=O)OCN(CCCOC(C)C)C4)cc1. The lowest BCUT2D eigenvalue weighted by molar-refractivity contribution is 0.0525. The molecule has 0 spiro atoms. The molecular weight excluding hydrogens is 382 g/mol. The number of nitrogens with zero attached hydrogens (tertiary/aromatic N) is 1. The fourth-order valence-corrected chi connectivity index (χ4v) is 3.68. The van der Waals surface area contributed by atoms with E-state index in [4.69, 9.17) is 18.6 Å². The van der Waals surface area contributed by atoms with Gasteiger partial charge in [-0.2, -0.15) is 0 Å². The van der Waals surface area contributed by atoms with Crippen molar-refractivity contribution in [3.8, 4) is 22.6 Å². The number of hydrogen-bond donors (Lipinski definition) is 0. The topological polar surface area (TPSA) is 61.1 Å². The van der Waals surface area contributed by atoms with Crippen LogP contribution in [-0.4, -0.2) is 38.0 Å². The molecule has 0 radical (unpaired) electrons. The molecule has 158 valence electrons. The van der Waals surface area contributed by atoms with Crippen LogP contribution in [0.4, 0.5) is 0 Å². The molecule has 6 heteroatoms. The Balaban J connectivity index is 1.60. The molecule has 0 fully saturated rings. The highest BCUT2D eigenvalue weighted by Gasteiger charge is 2.22. The fourth-order valence-electron chi connectivity index (χ4n) is 3.68. The molecule has 3 aromatic rings. The minimum absolute atomic E-state index is 0.0494. The van der Waals surface area contributed by atoms with Gasteiger partial charge in [0.15, 0.2) is 0 Å². The highest BCUT2D eigenvalue weighted by molar-refractivity contribution is 5.85. The van der Waals surface area contributed by atoms with Gasteiger partial charge in [0.05, 0.1) is 29.7 Å². The molecule has 0 N–H and O–H groups in total. The standard InChI is InChI=1S/C24H27NO5/c1-16(2)28-12-4-11-25-13-20-22(30-15-25)10-9-19-23(26)21(14-29-24(19)20)17-5-7-18(27-3)8-6-17/h5-10,14,16H,4,11-13,15H2,1-3H3. The van der Waals surface area contributed by atoms with E-state index in [1.165, 1.54) is 0 Å². The molecule has 0 unspecified atom stereocenters. The molecule has 0 atom stereocenters. The van der Waals surface area contributed by atoms with E-state index < -0.39 is 0 Å². The van der Waals surface area contributed by atoms with Crippen LogP contribution < -0.4 is 14.9 Å². The van der Waals surface area contributed by atoms with Gasteiger partial charge in [-0.15, -0.1) is 0 Å². The van der Waals surface area contributed by atoms with Crippen molar-refractivity contribution in [2.75, 3.05) is 27.0 Å². The van der Waals surface area contributed by atoms with Gasteiger partial charge in [0.1, 0.15) is 30.1 Å². The highest BCUT2D eigenvalue weighted by Crippen LogP contribution is 2.32. The van der Waals surface area contributed by atoms with Crippen LogP contribution in [0.15, 0.2) is 51.9 Å². The van der Waals surface area contributed by atoms with Crippen molar-refractivity contribution in [3.63, 3.8) is 0 Å². The summed E-state index contributed by atoms with van der Waals surface area (Å²) < 4.78 is 22.7. The van der Waals surface area contributed by atoms with E-state index >= 15 is 0 Å². The molecule has 30 heavy (non-hydrogen) atoms. The zero-order valence-electron chi connectivity index (χ0n) is 17.6. The van der Waals surface area contributed by atoms with Crippen molar-refractivity contribution in [2.45, 2.75) is 32.9 Å². The van der Waals surface area contributed by atoms with E-state index in [1.54, 1.807) is 19.4 Å². The van der Waals surface area contributed by atoms with Gasteiger partial charge >= 0.3 is 0 Å². The highest BCUT2D eigenvalue weighted by atomic mass is 16.5. The average molecular weight is 409 g/mol. The monoisotopic (exact) mass is 409 g/mol. The van der Waals surface area contributed by atoms with Crippen LogP contribution in [0.1, 0.15) is 25.8 Å². The first-order valence-corrected chi connectivity index (χ1v) is 10.3. The van der Waals surface area contributed by atoms with Crippen LogP contribution in [0.5, 0.6) is 11.5 Å². The van der Waals surface area contributed by atoms with Crippen LogP contribution >= 0.6 is 0 Å². The molecule has 1 aliphatic heterocycles. The van der Waals surface area contributed by atoms with E-state index in [2.05, 4.69) is 4.90 Å². The molecule has 0 bridgehead atoms. The second kappa shape index (κ2) is 8.90. The summed E-state index contributed by atoms with van der Waals surface area (Å²) in [5, 5.41) is 0.565. The third-order valence-corrected chi connectivity index (χ3v) is 5.26. The summed E-state index contributed by atoms with van der Waals surface area (Å²) in [5.74, 6) is 1.52. The maximum absolute atomic E-state index is 13.2. The molecule has 0 saturated carbocycles. The molecule has 6 nitrogen and oxygen atoms in total. The summed E-state index contributed by atoms with van der Waals surface area (Å²) in [6, 6.07) is 11.0. The van der Waals surface area contributed by atoms with E-state index in [0.29, 0.717) is 29.8 Å². The summed E-state index contributed by atoms with van der Waals surface area (Å²) in [6.45, 7) is 6.85. The Morgan fingerprint density at radius 3 is 2.67 bits per heavy atom. The Labute approximate surface area is 176 Å². The summed E-state index contributed by atoms with van der Waals surface area (Å²) >= 11 is 0. The average Bonchev–Trinajstić information content (AvgIpc) is 2.77. The number of methoxy groups -OCH3 is 1.